The number of piperidine rings is 1. The van der Waals surface area contributed by atoms with E-state index in [9.17, 15) is 4.79 Å². The molecule has 2 saturated carbocycles. The number of hydrogen-bond acceptors (Lipinski definition) is 4. The van der Waals surface area contributed by atoms with Gasteiger partial charge in [0.2, 0.25) is 11.9 Å². The third-order valence-electron chi connectivity index (χ3n) is 8.31. The molecule has 1 saturated heterocycles. The van der Waals surface area contributed by atoms with E-state index in [1.54, 1.807) is 0 Å². The van der Waals surface area contributed by atoms with E-state index >= 15 is 0 Å². The van der Waals surface area contributed by atoms with Crippen molar-refractivity contribution in [2.75, 3.05) is 24.5 Å². The highest BCUT2D eigenvalue weighted by molar-refractivity contribution is 5.82. The van der Waals surface area contributed by atoms with Crippen LogP contribution in [-0.2, 0) is 4.79 Å². The van der Waals surface area contributed by atoms with Crippen molar-refractivity contribution < 1.29 is 4.79 Å². The summed E-state index contributed by atoms with van der Waals surface area (Å²) in [6, 6.07) is 8.17. The molecule has 1 amide bonds. The summed E-state index contributed by atoms with van der Waals surface area (Å²) >= 11 is 0. The van der Waals surface area contributed by atoms with Crippen LogP contribution in [0, 0.1) is 36.0 Å². The Morgan fingerprint density at radius 3 is 2.73 bits per heavy atom. The molecule has 1 spiro atoms. The summed E-state index contributed by atoms with van der Waals surface area (Å²) in [6.45, 7) is 4.59. The van der Waals surface area contributed by atoms with E-state index in [1.807, 2.05) is 25.1 Å². The van der Waals surface area contributed by atoms with Gasteiger partial charge in [-0.2, -0.15) is 0 Å². The molecule has 2 bridgehead atoms. The van der Waals surface area contributed by atoms with E-state index in [4.69, 9.17) is 9.97 Å². The van der Waals surface area contributed by atoms with Gasteiger partial charge in [0, 0.05) is 30.9 Å². The fourth-order valence-electron chi connectivity index (χ4n) is 6.43. The molecule has 0 radical (unpaired) electrons. The Balaban J connectivity index is 1.05. The highest BCUT2D eigenvalue weighted by Crippen LogP contribution is 2.69. The standard InChI is InChI=1S/C25H30N4O/c1-16-20-4-2-3-5-22(20)28-24(27-16)29-12-8-17(9-13-29)23(30)26-15-18-14-19-6-7-21(18)25(19)10-11-25/h2-7,17-19,21H,8-15H2,1H3,(H,26,30)/t18-,19+,21+/m0/s1. The van der Waals surface area contributed by atoms with Crippen LogP contribution < -0.4 is 10.2 Å². The molecule has 6 rings (SSSR count). The van der Waals surface area contributed by atoms with Gasteiger partial charge in [-0.1, -0.05) is 30.4 Å². The maximum atomic E-state index is 12.8. The molecule has 156 valence electrons. The van der Waals surface area contributed by atoms with Gasteiger partial charge in [0.1, 0.15) is 0 Å². The molecular weight excluding hydrogens is 372 g/mol. The van der Waals surface area contributed by atoms with E-state index in [0.717, 1.165) is 66.9 Å². The first-order valence-corrected chi connectivity index (χ1v) is 11.6. The zero-order valence-corrected chi connectivity index (χ0v) is 17.7. The second kappa shape index (κ2) is 6.79. The molecule has 3 aliphatic carbocycles. The van der Waals surface area contributed by atoms with Crippen LogP contribution in [0.25, 0.3) is 10.9 Å². The normalized spacial score (nSPS) is 29.1. The number of nitrogens with zero attached hydrogens (tertiary/aromatic N) is 3. The number of benzene rings is 1. The molecule has 1 aromatic carbocycles. The monoisotopic (exact) mass is 402 g/mol. The lowest BCUT2D eigenvalue weighted by atomic mass is 9.88. The molecule has 4 aliphatic rings. The van der Waals surface area contributed by atoms with E-state index in [-0.39, 0.29) is 11.8 Å². The minimum atomic E-state index is 0.117. The third kappa shape index (κ3) is 2.85. The highest BCUT2D eigenvalue weighted by Gasteiger charge is 2.62. The lowest BCUT2D eigenvalue weighted by Crippen LogP contribution is -2.42. The second-order valence-electron chi connectivity index (χ2n) is 9.88. The fraction of sp³-hybridized carbons (Fsp3) is 0.560. The molecule has 2 heterocycles. The number of anilines is 1. The minimum Gasteiger partial charge on any atom is -0.356 e. The van der Waals surface area contributed by atoms with Crippen molar-refractivity contribution in [1.82, 2.24) is 15.3 Å². The van der Waals surface area contributed by atoms with Crippen LogP contribution in [0.1, 0.15) is 37.8 Å². The first kappa shape index (κ1) is 18.3. The van der Waals surface area contributed by atoms with Crippen molar-refractivity contribution in [2.45, 2.75) is 39.0 Å². The number of aromatic nitrogens is 2. The number of aryl methyl sites for hydroxylation is 1. The number of allylic oxidation sites excluding steroid dienone is 2. The fourth-order valence-corrected chi connectivity index (χ4v) is 6.43. The van der Waals surface area contributed by atoms with Crippen molar-refractivity contribution in [3.8, 4) is 0 Å². The number of amides is 1. The van der Waals surface area contributed by atoms with E-state index < -0.39 is 0 Å². The predicted octanol–water partition coefficient (Wildman–Crippen LogP) is 3.87. The van der Waals surface area contributed by atoms with E-state index in [0.29, 0.717) is 11.3 Å². The number of fused-ring (bicyclic) bond motifs is 1. The first-order chi connectivity index (χ1) is 14.6. The van der Waals surface area contributed by atoms with Crippen molar-refractivity contribution >= 4 is 22.8 Å². The molecule has 2 aromatic rings. The quantitative estimate of drug-likeness (QED) is 0.789. The lowest BCUT2D eigenvalue weighted by molar-refractivity contribution is -0.125. The Labute approximate surface area is 178 Å². The summed E-state index contributed by atoms with van der Waals surface area (Å²) in [6.07, 6.45) is 10.7. The zero-order valence-electron chi connectivity index (χ0n) is 17.7. The van der Waals surface area contributed by atoms with Crippen LogP contribution >= 0.6 is 0 Å². The van der Waals surface area contributed by atoms with E-state index in [2.05, 4.69) is 28.4 Å². The lowest BCUT2D eigenvalue weighted by Gasteiger charge is -2.32. The van der Waals surface area contributed by atoms with Gasteiger partial charge in [-0.3, -0.25) is 4.79 Å². The van der Waals surface area contributed by atoms with Crippen LogP contribution in [0.5, 0.6) is 0 Å². The number of carbonyl (C=O) groups excluding carboxylic acids is 1. The maximum Gasteiger partial charge on any atom is 0.226 e. The Morgan fingerprint density at radius 1 is 1.17 bits per heavy atom. The first-order valence-electron chi connectivity index (χ1n) is 11.6. The molecule has 1 aromatic heterocycles. The van der Waals surface area contributed by atoms with Crippen molar-refractivity contribution in [1.29, 1.82) is 0 Å². The van der Waals surface area contributed by atoms with Crippen LogP contribution in [-0.4, -0.2) is 35.5 Å². The molecule has 0 unspecified atom stereocenters. The molecule has 1 N–H and O–H groups in total. The Hall–Kier alpha value is -2.43. The maximum absolute atomic E-state index is 12.8. The van der Waals surface area contributed by atoms with Gasteiger partial charge in [-0.05, 0) is 68.3 Å². The molecular formula is C25H30N4O. The molecule has 5 nitrogen and oxygen atoms in total. The second-order valence-corrected chi connectivity index (χ2v) is 9.88. The summed E-state index contributed by atoms with van der Waals surface area (Å²) in [4.78, 5) is 24.6. The Bertz CT molecular complexity index is 1020. The van der Waals surface area contributed by atoms with Gasteiger partial charge in [0.05, 0.1) is 11.2 Å². The van der Waals surface area contributed by atoms with Crippen molar-refractivity contribution in [2.24, 2.45) is 29.1 Å². The van der Waals surface area contributed by atoms with Gasteiger partial charge in [0.25, 0.3) is 0 Å². The van der Waals surface area contributed by atoms with Gasteiger partial charge < -0.3 is 10.2 Å². The van der Waals surface area contributed by atoms with Crippen LogP contribution in [0.3, 0.4) is 0 Å². The smallest absolute Gasteiger partial charge is 0.226 e. The average Bonchev–Trinajstić information content (AvgIpc) is 3.45. The molecule has 30 heavy (non-hydrogen) atoms. The summed E-state index contributed by atoms with van der Waals surface area (Å²) in [5.74, 6) is 3.33. The number of rotatable bonds is 4. The SMILES string of the molecule is Cc1nc(N2CCC(C(=O)NC[C@@H]3C[C@H]4C=C[C@H]3C43CC3)CC2)nc2ccccc12. The number of hydrogen-bond donors (Lipinski definition) is 1. The molecule has 1 aliphatic heterocycles. The van der Waals surface area contributed by atoms with Crippen LogP contribution in [0.4, 0.5) is 5.95 Å². The molecule has 3 fully saturated rings. The highest BCUT2D eigenvalue weighted by atomic mass is 16.1. The van der Waals surface area contributed by atoms with Crippen LogP contribution in [0.2, 0.25) is 0 Å². The van der Waals surface area contributed by atoms with Gasteiger partial charge >= 0.3 is 0 Å². The Kier molecular flexibility index (Phi) is 4.15. The summed E-state index contributed by atoms with van der Waals surface area (Å²) in [5, 5.41) is 4.42. The number of nitrogens with one attached hydrogen (secondary N) is 1. The minimum absolute atomic E-state index is 0.117. The Morgan fingerprint density at radius 2 is 1.97 bits per heavy atom. The van der Waals surface area contributed by atoms with Crippen LogP contribution in [0.15, 0.2) is 36.4 Å². The van der Waals surface area contributed by atoms with Crippen molar-refractivity contribution in [3.63, 3.8) is 0 Å². The number of carbonyl (C=O) groups is 1. The molecule has 3 atom stereocenters. The third-order valence-corrected chi connectivity index (χ3v) is 8.31. The van der Waals surface area contributed by atoms with E-state index in [1.165, 1.54) is 19.3 Å². The zero-order chi connectivity index (χ0) is 20.3. The van der Waals surface area contributed by atoms with Crippen molar-refractivity contribution in [3.05, 3.63) is 42.1 Å². The van der Waals surface area contributed by atoms with Gasteiger partial charge in [-0.25, -0.2) is 9.97 Å². The van der Waals surface area contributed by atoms with Gasteiger partial charge in [-0.15, -0.1) is 0 Å². The average molecular weight is 403 g/mol. The summed E-state index contributed by atoms with van der Waals surface area (Å²) in [7, 11) is 0. The number of para-hydroxylation sites is 1. The molecule has 5 heteroatoms. The predicted molar refractivity (Wildman–Crippen MR) is 118 cm³/mol. The summed E-state index contributed by atoms with van der Waals surface area (Å²) < 4.78 is 0. The largest absolute Gasteiger partial charge is 0.356 e. The summed E-state index contributed by atoms with van der Waals surface area (Å²) in [5.41, 5.74) is 2.62. The van der Waals surface area contributed by atoms with Gasteiger partial charge in [0.15, 0.2) is 0 Å². The topological polar surface area (TPSA) is 58.1 Å².